The number of hydrogen-bond donors (Lipinski definition) is 1. The van der Waals surface area contributed by atoms with Crippen molar-refractivity contribution < 1.29 is 0 Å². The Bertz CT molecular complexity index is 977. The van der Waals surface area contributed by atoms with Gasteiger partial charge in [0.1, 0.15) is 0 Å². The molecular formula is C21H25N5O. The average molecular weight is 363 g/mol. The van der Waals surface area contributed by atoms with Crippen LogP contribution in [0.5, 0.6) is 0 Å². The van der Waals surface area contributed by atoms with Crippen molar-refractivity contribution in [1.29, 1.82) is 0 Å². The number of nitrogens with zero attached hydrogens (tertiary/aromatic N) is 4. The van der Waals surface area contributed by atoms with Crippen LogP contribution in [0.15, 0.2) is 47.5 Å². The zero-order chi connectivity index (χ0) is 18.8. The highest BCUT2D eigenvalue weighted by atomic mass is 16.1. The summed E-state index contributed by atoms with van der Waals surface area (Å²) in [7, 11) is 0. The number of nitrogens with one attached hydrogen (secondary N) is 1. The summed E-state index contributed by atoms with van der Waals surface area (Å²) in [6.45, 7) is 7.99. The Morgan fingerprint density at radius 3 is 2.56 bits per heavy atom. The minimum absolute atomic E-state index is 0.0197. The largest absolute Gasteiger partial charge is 0.338 e. The Kier molecular flexibility index (Phi) is 4.90. The predicted octanol–water partition coefficient (Wildman–Crippen LogP) is 2.76. The molecule has 27 heavy (non-hydrogen) atoms. The van der Waals surface area contributed by atoms with E-state index in [0.29, 0.717) is 6.04 Å². The zero-order valence-corrected chi connectivity index (χ0v) is 15.9. The summed E-state index contributed by atoms with van der Waals surface area (Å²) in [4.78, 5) is 28.6. The molecule has 1 aliphatic heterocycles. The van der Waals surface area contributed by atoms with Gasteiger partial charge < -0.3 is 9.88 Å². The fourth-order valence-electron chi connectivity index (χ4n) is 3.76. The molecule has 140 valence electrons. The van der Waals surface area contributed by atoms with Gasteiger partial charge in [-0.2, -0.15) is 0 Å². The van der Waals surface area contributed by atoms with Gasteiger partial charge in [-0.3, -0.25) is 9.69 Å². The van der Waals surface area contributed by atoms with Crippen LogP contribution < -0.4 is 10.5 Å². The molecule has 1 saturated heterocycles. The van der Waals surface area contributed by atoms with Crippen LogP contribution in [0.1, 0.15) is 31.0 Å². The highest BCUT2D eigenvalue weighted by Gasteiger charge is 2.23. The molecule has 6 nitrogen and oxygen atoms in total. The SMILES string of the molecule is CCc1cc2ccc(C(C)N3CCN(c4ncccn4)CC3)cc2[nH]c1=O. The first-order valence-electron chi connectivity index (χ1n) is 9.57. The lowest BCUT2D eigenvalue weighted by Gasteiger charge is -2.38. The molecule has 1 atom stereocenters. The van der Waals surface area contributed by atoms with Crippen molar-refractivity contribution >= 4 is 16.9 Å². The number of fused-ring (bicyclic) bond motifs is 1. The lowest BCUT2D eigenvalue weighted by molar-refractivity contribution is 0.198. The van der Waals surface area contributed by atoms with Gasteiger partial charge in [0.2, 0.25) is 5.95 Å². The first kappa shape index (κ1) is 17.7. The van der Waals surface area contributed by atoms with Crippen molar-refractivity contribution in [2.45, 2.75) is 26.3 Å². The summed E-state index contributed by atoms with van der Waals surface area (Å²) in [5.41, 5.74) is 3.00. The molecule has 3 aromatic rings. The van der Waals surface area contributed by atoms with Crippen molar-refractivity contribution in [2.75, 3.05) is 31.1 Å². The molecular weight excluding hydrogens is 338 g/mol. The number of pyridine rings is 1. The van der Waals surface area contributed by atoms with E-state index < -0.39 is 0 Å². The molecule has 6 heteroatoms. The summed E-state index contributed by atoms with van der Waals surface area (Å²) >= 11 is 0. The van der Waals surface area contributed by atoms with E-state index in [0.717, 1.165) is 55.0 Å². The standard InChI is InChI=1S/C21H25N5O/c1-3-16-13-18-6-5-17(14-19(18)24-20(16)27)15(2)25-9-11-26(12-10-25)21-22-7-4-8-23-21/h4-8,13-15H,3,9-12H2,1-2H3,(H,24,27). The van der Waals surface area contributed by atoms with Gasteiger partial charge >= 0.3 is 0 Å². The van der Waals surface area contributed by atoms with Gasteiger partial charge in [0.15, 0.2) is 0 Å². The molecule has 4 rings (SSSR count). The molecule has 0 bridgehead atoms. The Balaban J connectivity index is 1.50. The van der Waals surface area contributed by atoms with E-state index in [1.807, 2.05) is 19.1 Å². The molecule has 1 N–H and O–H groups in total. The average Bonchev–Trinajstić information content (AvgIpc) is 2.73. The third-order valence-electron chi connectivity index (χ3n) is 5.51. The molecule has 0 radical (unpaired) electrons. The lowest BCUT2D eigenvalue weighted by atomic mass is 10.0. The van der Waals surface area contributed by atoms with E-state index in [-0.39, 0.29) is 5.56 Å². The fourth-order valence-corrected chi connectivity index (χ4v) is 3.76. The van der Waals surface area contributed by atoms with E-state index in [2.05, 4.69) is 49.9 Å². The topological polar surface area (TPSA) is 65.1 Å². The van der Waals surface area contributed by atoms with E-state index in [1.54, 1.807) is 12.4 Å². The predicted molar refractivity (Wildman–Crippen MR) is 108 cm³/mol. The minimum Gasteiger partial charge on any atom is -0.338 e. The number of piperazine rings is 1. The van der Waals surface area contributed by atoms with Crippen LogP contribution in [-0.2, 0) is 6.42 Å². The van der Waals surface area contributed by atoms with Crippen LogP contribution in [0.2, 0.25) is 0 Å². The molecule has 0 spiro atoms. The highest BCUT2D eigenvalue weighted by Crippen LogP contribution is 2.25. The molecule has 0 saturated carbocycles. The monoisotopic (exact) mass is 363 g/mol. The number of aromatic amines is 1. The van der Waals surface area contributed by atoms with Gasteiger partial charge in [-0.25, -0.2) is 9.97 Å². The first-order chi connectivity index (χ1) is 13.2. The van der Waals surface area contributed by atoms with Crippen molar-refractivity contribution in [3.63, 3.8) is 0 Å². The quantitative estimate of drug-likeness (QED) is 0.772. The normalized spacial score (nSPS) is 16.6. The summed E-state index contributed by atoms with van der Waals surface area (Å²) in [5.74, 6) is 0.805. The molecule has 2 aromatic heterocycles. The lowest BCUT2D eigenvalue weighted by Crippen LogP contribution is -2.47. The number of anilines is 1. The smallest absolute Gasteiger partial charge is 0.251 e. The fraction of sp³-hybridized carbons (Fsp3) is 0.381. The summed E-state index contributed by atoms with van der Waals surface area (Å²) < 4.78 is 0. The van der Waals surface area contributed by atoms with Gasteiger partial charge in [-0.05, 0) is 42.5 Å². The number of H-pyrrole nitrogens is 1. The molecule has 1 fully saturated rings. The van der Waals surface area contributed by atoms with Crippen molar-refractivity contribution in [1.82, 2.24) is 19.9 Å². The van der Waals surface area contributed by atoms with Gasteiger partial charge in [0, 0.05) is 55.7 Å². The van der Waals surface area contributed by atoms with E-state index >= 15 is 0 Å². The van der Waals surface area contributed by atoms with E-state index in [1.165, 1.54) is 5.56 Å². The van der Waals surface area contributed by atoms with Crippen molar-refractivity contribution in [3.05, 3.63) is 64.2 Å². The third kappa shape index (κ3) is 3.57. The number of aromatic nitrogens is 3. The first-order valence-corrected chi connectivity index (χ1v) is 9.57. The highest BCUT2D eigenvalue weighted by molar-refractivity contribution is 5.79. The second-order valence-electron chi connectivity index (χ2n) is 7.07. The van der Waals surface area contributed by atoms with Crippen LogP contribution in [0.3, 0.4) is 0 Å². The second-order valence-corrected chi connectivity index (χ2v) is 7.07. The van der Waals surface area contributed by atoms with Gasteiger partial charge in [-0.15, -0.1) is 0 Å². The Labute approximate surface area is 158 Å². The number of rotatable bonds is 4. The van der Waals surface area contributed by atoms with Crippen LogP contribution in [0.25, 0.3) is 10.9 Å². The maximum absolute atomic E-state index is 12.1. The minimum atomic E-state index is 0.0197. The van der Waals surface area contributed by atoms with Crippen LogP contribution in [-0.4, -0.2) is 46.0 Å². The maximum atomic E-state index is 12.1. The van der Waals surface area contributed by atoms with Gasteiger partial charge in [-0.1, -0.05) is 19.1 Å². The van der Waals surface area contributed by atoms with Crippen LogP contribution >= 0.6 is 0 Å². The van der Waals surface area contributed by atoms with Crippen molar-refractivity contribution in [2.24, 2.45) is 0 Å². The summed E-state index contributed by atoms with van der Waals surface area (Å²) in [5, 5.41) is 1.09. The number of hydrogen-bond acceptors (Lipinski definition) is 5. The Morgan fingerprint density at radius 1 is 1.11 bits per heavy atom. The summed E-state index contributed by atoms with van der Waals surface area (Å²) in [6, 6.07) is 10.5. The maximum Gasteiger partial charge on any atom is 0.251 e. The molecule has 0 aliphatic carbocycles. The molecule has 3 heterocycles. The molecule has 1 aliphatic rings. The molecule has 1 unspecified atom stereocenters. The van der Waals surface area contributed by atoms with Gasteiger partial charge in [0.05, 0.1) is 0 Å². The van der Waals surface area contributed by atoms with Gasteiger partial charge in [0.25, 0.3) is 5.56 Å². The van der Waals surface area contributed by atoms with Crippen molar-refractivity contribution in [3.8, 4) is 0 Å². The summed E-state index contributed by atoms with van der Waals surface area (Å²) in [6.07, 6.45) is 4.33. The zero-order valence-electron chi connectivity index (χ0n) is 15.9. The number of aryl methyl sites for hydroxylation is 1. The Morgan fingerprint density at radius 2 is 1.85 bits per heavy atom. The third-order valence-corrected chi connectivity index (χ3v) is 5.51. The number of benzene rings is 1. The van der Waals surface area contributed by atoms with E-state index in [9.17, 15) is 4.79 Å². The second kappa shape index (κ2) is 7.48. The molecule has 1 aromatic carbocycles. The van der Waals surface area contributed by atoms with Crippen LogP contribution in [0.4, 0.5) is 5.95 Å². The Hall–Kier alpha value is -2.73. The van der Waals surface area contributed by atoms with Crippen LogP contribution in [0, 0.1) is 0 Å². The molecule has 0 amide bonds. The van der Waals surface area contributed by atoms with E-state index in [4.69, 9.17) is 0 Å².